The van der Waals surface area contributed by atoms with E-state index in [9.17, 15) is 4.79 Å². The van der Waals surface area contributed by atoms with Crippen LogP contribution in [0.2, 0.25) is 47.7 Å². The van der Waals surface area contributed by atoms with Gasteiger partial charge >= 0.3 is 110 Å². The Bertz CT molecular complexity index is 984. The van der Waals surface area contributed by atoms with Crippen LogP contribution < -0.4 is 0 Å². The second-order valence-electron chi connectivity index (χ2n) is 11.9. The van der Waals surface area contributed by atoms with E-state index in [4.69, 9.17) is 0 Å². The average molecular weight is 310 g/mol. The number of ketones is 1. The van der Waals surface area contributed by atoms with Crippen molar-refractivity contribution in [2.24, 2.45) is 0 Å². The summed E-state index contributed by atoms with van der Waals surface area (Å²) in [6.45, 7) is -0.862. The van der Waals surface area contributed by atoms with Gasteiger partial charge in [-0.1, -0.05) is 0 Å². The molecular formula is C18H22FeO. The van der Waals surface area contributed by atoms with Gasteiger partial charge in [-0.05, 0) is 0 Å². The summed E-state index contributed by atoms with van der Waals surface area (Å²) >= 11 is 0. The number of carbonyl (C=O) groups excluding carboxylic acids is 1. The second kappa shape index (κ2) is 0.805. The average Bonchev–Trinajstić information content (AvgIpc) is 3.38. The number of unbranched alkanes of at least 4 members (excludes halogenated alkanes) is 3. The van der Waals surface area contributed by atoms with Crippen LogP contribution in [0.5, 0.6) is 0 Å². The fourth-order valence-corrected chi connectivity index (χ4v) is 91.6. The normalized spacial score (nSPS) is 103. The minimum absolute atomic E-state index is 0.473. The molecule has 0 aromatic carbocycles. The first-order chi connectivity index (χ1) is 9.53. The Morgan fingerprint density at radius 1 is 1.00 bits per heavy atom. The van der Waals surface area contributed by atoms with Crippen molar-refractivity contribution in [1.82, 2.24) is 0 Å². The molecule has 10 aliphatic heterocycles. The molecule has 0 aliphatic carbocycles. The maximum atomic E-state index is 13.2. The number of rotatable bonds is 6. The van der Waals surface area contributed by atoms with Crippen molar-refractivity contribution in [3.8, 4) is 0 Å². The third-order valence-electron chi connectivity index (χ3n) is 16.3. The summed E-state index contributed by atoms with van der Waals surface area (Å²) in [7, 11) is 0. The Morgan fingerprint density at radius 3 is 2.00 bits per heavy atom. The molecular weight excluding hydrogens is 288 g/mol. The van der Waals surface area contributed by atoms with E-state index in [1.807, 2.05) is 0 Å². The predicted octanol–water partition coefficient (Wildman–Crippen LogP) is 5.45. The first kappa shape index (κ1) is 8.53. The summed E-state index contributed by atoms with van der Waals surface area (Å²) in [4.78, 5) is 24.5. The molecule has 10 rings (SSSR count). The zero-order chi connectivity index (χ0) is 12.8. The predicted molar refractivity (Wildman–Crippen MR) is 74.7 cm³/mol. The van der Waals surface area contributed by atoms with Crippen LogP contribution >= 0.6 is 0 Å². The van der Waals surface area contributed by atoms with Crippen molar-refractivity contribution < 1.29 is 11.3 Å². The molecule has 20 heavy (non-hydrogen) atoms. The van der Waals surface area contributed by atoms with E-state index in [0.717, 1.165) is 16.1 Å². The molecule has 0 N–H and O–H groups in total. The molecule has 0 aromatic rings. The number of fused-ring (bicyclic) bond motifs is 10. The van der Waals surface area contributed by atoms with Crippen LogP contribution in [0.1, 0.15) is 32.6 Å². The van der Waals surface area contributed by atoms with Gasteiger partial charge in [0.15, 0.2) is 0 Å². The van der Waals surface area contributed by atoms with Gasteiger partial charge in [-0.3, -0.25) is 0 Å². The Labute approximate surface area is 109 Å². The van der Waals surface area contributed by atoms with E-state index in [-0.39, 0.29) is 0 Å². The SMILES string of the molecule is CCCCCC=CC(=O)[C]12[CH]3[CH]4[CH]5[CH]1[Fe]45321678[CH]2[CH]1[CH]6[CH]7[CH]28. The molecule has 0 radical (unpaired) electrons. The molecule has 0 bridgehead atoms. The summed E-state index contributed by atoms with van der Waals surface area (Å²) in [6, 6.07) is 0. The summed E-state index contributed by atoms with van der Waals surface area (Å²) in [5.41, 5.74) is 0. The number of hydrogen-bond donors (Lipinski definition) is 0. The number of carbonyl (C=O) groups is 1. The molecule has 108 valence electrons. The topological polar surface area (TPSA) is 17.1 Å². The molecule has 10 aliphatic rings. The molecule has 4 atom stereocenters. The molecule has 1 nitrogen and oxygen atoms in total. The van der Waals surface area contributed by atoms with Gasteiger partial charge in [0, 0.05) is 0 Å². The van der Waals surface area contributed by atoms with Gasteiger partial charge in [0.2, 0.25) is 0 Å². The summed E-state index contributed by atoms with van der Waals surface area (Å²) in [5, 5.41) is 0. The van der Waals surface area contributed by atoms with Gasteiger partial charge in [0.1, 0.15) is 0 Å². The van der Waals surface area contributed by atoms with Crippen molar-refractivity contribution >= 4 is 5.78 Å². The van der Waals surface area contributed by atoms with Crippen molar-refractivity contribution in [1.29, 1.82) is 0 Å². The van der Waals surface area contributed by atoms with E-state index in [1.54, 1.807) is 0 Å². The van der Waals surface area contributed by atoms with Gasteiger partial charge in [-0.25, -0.2) is 0 Å². The van der Waals surface area contributed by atoms with Crippen molar-refractivity contribution in [3.63, 3.8) is 0 Å². The summed E-state index contributed by atoms with van der Waals surface area (Å²) in [5.74, 6) is 0.709. The van der Waals surface area contributed by atoms with Gasteiger partial charge in [-0.2, -0.15) is 0 Å². The molecule has 2 heteroatoms. The van der Waals surface area contributed by atoms with Crippen LogP contribution in [0.4, 0.5) is 0 Å². The van der Waals surface area contributed by atoms with Crippen molar-refractivity contribution in [2.45, 2.75) is 80.3 Å². The van der Waals surface area contributed by atoms with Gasteiger partial charge < -0.3 is 0 Å². The Hall–Kier alpha value is -0.0705. The Morgan fingerprint density at radius 2 is 1.60 bits per heavy atom. The van der Waals surface area contributed by atoms with Crippen molar-refractivity contribution in [3.05, 3.63) is 12.2 Å². The third-order valence-corrected chi connectivity index (χ3v) is 58.6. The third kappa shape index (κ3) is 0.101. The molecule has 0 amide bonds. The summed E-state index contributed by atoms with van der Waals surface area (Å²) in [6.07, 6.45) is 9.39. The van der Waals surface area contributed by atoms with Crippen molar-refractivity contribution in [2.75, 3.05) is 0 Å². The van der Waals surface area contributed by atoms with Crippen LogP contribution in [0.25, 0.3) is 0 Å². The molecule has 10 saturated heterocycles. The Kier molecular flexibility index (Phi) is 0.344. The first-order valence-corrected chi connectivity index (χ1v) is 15.2. The minimum atomic E-state index is -3.12. The zero-order valence-corrected chi connectivity index (χ0v) is 13.0. The molecule has 1 spiro atoms. The van der Waals surface area contributed by atoms with Crippen LogP contribution in [-0.2, 0) is 11.3 Å². The maximum absolute atomic E-state index is 13.2. The van der Waals surface area contributed by atoms with Crippen LogP contribution in [0, 0.1) is 0 Å². The zero-order valence-electron chi connectivity index (χ0n) is 11.9. The van der Waals surface area contributed by atoms with E-state index in [0.29, 0.717) is 10.1 Å². The number of hydrogen-bond acceptors (Lipinski definition) is 1. The van der Waals surface area contributed by atoms with E-state index < -0.39 is 6.51 Å². The molecule has 10 heterocycles. The Balaban J connectivity index is 1.18. The van der Waals surface area contributed by atoms with Crippen LogP contribution in [0.15, 0.2) is 12.2 Å². The molecule has 4 unspecified atom stereocenters. The van der Waals surface area contributed by atoms with Crippen LogP contribution in [-0.4, -0.2) is 5.78 Å². The molecule has 0 aromatic heterocycles. The summed E-state index contributed by atoms with van der Waals surface area (Å²) < 4.78 is 0.473. The van der Waals surface area contributed by atoms with Gasteiger partial charge in [0.25, 0.3) is 0 Å². The van der Waals surface area contributed by atoms with E-state index in [1.165, 1.54) is 53.0 Å². The first-order valence-electron chi connectivity index (χ1n) is 8.95. The monoisotopic (exact) mass is 310 g/mol. The standard InChI is InChI=1S/C13H17O.C5H5.Fe/c1-2-3-4-5-6-11-13(14)12-9-7-8-10-12;1-2-4-5-3-1;/h6-11H,2-5H2,1H3;1-5H;. The van der Waals surface area contributed by atoms with Gasteiger partial charge in [0.05, 0.1) is 0 Å². The van der Waals surface area contributed by atoms with E-state index in [2.05, 4.69) is 19.1 Å². The quantitative estimate of drug-likeness (QED) is 0.362. The van der Waals surface area contributed by atoms with E-state index >= 15 is 0 Å². The molecule has 0 saturated carbocycles. The van der Waals surface area contributed by atoms with Crippen LogP contribution in [0.3, 0.4) is 0 Å². The fourth-order valence-electron chi connectivity index (χ4n) is 17.7. The molecule has 10 fully saturated rings. The second-order valence-corrected chi connectivity index (χ2v) is 35.5. The fraction of sp³-hybridized carbons (Fsp3) is 0.833. The van der Waals surface area contributed by atoms with Gasteiger partial charge in [-0.15, -0.1) is 0 Å². The number of allylic oxidation sites excluding steroid dienone is 2.